The smallest absolute Gasteiger partial charge is 0.405 e. The summed E-state index contributed by atoms with van der Waals surface area (Å²) in [6, 6.07) is 37.6. The van der Waals surface area contributed by atoms with Crippen LogP contribution in [-0.4, -0.2) is 56.8 Å². The van der Waals surface area contributed by atoms with Crippen molar-refractivity contribution in [2.24, 2.45) is 0 Å². The van der Waals surface area contributed by atoms with E-state index in [4.69, 9.17) is 4.74 Å². The van der Waals surface area contributed by atoms with Crippen LogP contribution < -0.4 is 20.9 Å². The number of carbonyl (C=O) groups is 2. The lowest BCUT2D eigenvalue weighted by atomic mass is 9.98. The highest BCUT2D eigenvalue weighted by molar-refractivity contribution is 5.94. The first kappa shape index (κ1) is 38.3. The van der Waals surface area contributed by atoms with E-state index in [1.54, 1.807) is 24.3 Å². The van der Waals surface area contributed by atoms with E-state index in [1.807, 2.05) is 96.8 Å². The number of carbonyl (C=O) groups excluding carboxylic acids is 1. The number of hydrogen-bond acceptors (Lipinski definition) is 7. The van der Waals surface area contributed by atoms with Crippen LogP contribution in [0.3, 0.4) is 0 Å². The van der Waals surface area contributed by atoms with Crippen LogP contribution in [0.5, 0.6) is 11.5 Å². The van der Waals surface area contributed by atoms with E-state index in [2.05, 4.69) is 21.7 Å². The molecule has 2 amide bonds. The number of aliphatic hydroxyl groups is 1. The van der Waals surface area contributed by atoms with Gasteiger partial charge >= 0.3 is 6.09 Å². The number of nitrogens with one attached hydrogen (secondary N) is 3. The van der Waals surface area contributed by atoms with Crippen molar-refractivity contribution in [3.05, 3.63) is 177 Å². The van der Waals surface area contributed by atoms with Crippen LogP contribution in [0.25, 0.3) is 10.9 Å². The molecule has 1 heterocycles. The summed E-state index contributed by atoms with van der Waals surface area (Å²) in [5.74, 6) is 0.415. The number of fused-ring (bicyclic) bond motifs is 1. The summed E-state index contributed by atoms with van der Waals surface area (Å²) in [6.07, 6.45) is -1.38. The van der Waals surface area contributed by atoms with Gasteiger partial charge in [-0.05, 0) is 84.1 Å². The largest absolute Gasteiger partial charge is 0.506 e. The third-order valence-corrected chi connectivity index (χ3v) is 9.33. The average Bonchev–Trinajstić information content (AvgIpc) is 3.19. The molecule has 6 N–H and O–H groups in total. The molecule has 0 aliphatic heterocycles. The van der Waals surface area contributed by atoms with Crippen LogP contribution in [0, 0.1) is 6.92 Å². The minimum Gasteiger partial charge on any atom is -0.506 e. The molecule has 6 rings (SSSR count). The lowest BCUT2D eigenvalue weighted by molar-refractivity contribution is 0.0740. The maximum Gasteiger partial charge on any atom is 0.405 e. The molecule has 11 heteroatoms. The number of H-pyrrole nitrogens is 1. The number of aryl methyl sites for hydroxylation is 1. The first-order valence-electron chi connectivity index (χ1n) is 18.1. The third kappa shape index (κ3) is 10.2. The fourth-order valence-corrected chi connectivity index (χ4v) is 6.58. The molecular weight excluding hydrogens is 697 g/mol. The average molecular weight is 741 g/mol. The Hall–Kier alpha value is -6.43. The van der Waals surface area contributed by atoms with Crippen molar-refractivity contribution in [2.75, 3.05) is 19.6 Å². The Labute approximate surface area is 318 Å². The third-order valence-electron chi connectivity index (χ3n) is 9.33. The Morgan fingerprint density at radius 2 is 1.60 bits per heavy atom. The molecule has 282 valence electrons. The van der Waals surface area contributed by atoms with E-state index in [9.17, 15) is 29.7 Å². The van der Waals surface area contributed by atoms with Gasteiger partial charge in [0, 0.05) is 36.7 Å². The van der Waals surface area contributed by atoms with Crippen LogP contribution in [0.15, 0.2) is 132 Å². The van der Waals surface area contributed by atoms with Crippen molar-refractivity contribution in [1.82, 2.24) is 20.5 Å². The molecule has 0 aliphatic carbocycles. The molecule has 0 saturated heterocycles. The van der Waals surface area contributed by atoms with Crippen LogP contribution in [0.1, 0.15) is 62.3 Å². The quantitative estimate of drug-likeness (QED) is 0.0588. The van der Waals surface area contributed by atoms with Gasteiger partial charge in [0.1, 0.15) is 18.1 Å². The molecule has 1 unspecified atom stereocenters. The minimum atomic E-state index is -1.12. The van der Waals surface area contributed by atoms with Gasteiger partial charge in [0.25, 0.3) is 5.91 Å². The van der Waals surface area contributed by atoms with Gasteiger partial charge in [0.2, 0.25) is 5.56 Å². The van der Waals surface area contributed by atoms with Crippen molar-refractivity contribution in [3.8, 4) is 11.5 Å². The maximum absolute atomic E-state index is 13.9. The number of aromatic amines is 1. The Bertz CT molecular complexity index is 2290. The van der Waals surface area contributed by atoms with E-state index in [0.29, 0.717) is 48.3 Å². The Morgan fingerprint density at radius 3 is 2.36 bits per heavy atom. The van der Waals surface area contributed by atoms with Gasteiger partial charge in [0.15, 0.2) is 0 Å². The summed E-state index contributed by atoms with van der Waals surface area (Å²) in [6.45, 7) is 3.96. The summed E-state index contributed by atoms with van der Waals surface area (Å²) < 4.78 is 6.09. The normalized spacial score (nSPS) is 12.2. The number of hydrogen-bond donors (Lipinski definition) is 6. The number of phenolic OH excluding ortho intramolecular Hbond substituents is 1. The lowest BCUT2D eigenvalue weighted by Gasteiger charge is -2.24. The number of nitrogens with zero attached hydrogens (tertiary/aromatic N) is 1. The first-order chi connectivity index (χ1) is 26.6. The summed E-state index contributed by atoms with van der Waals surface area (Å²) in [4.78, 5) is 41.7. The second-order valence-electron chi connectivity index (χ2n) is 13.4. The number of rotatable bonds is 16. The number of amides is 2. The predicted molar refractivity (Wildman–Crippen MR) is 211 cm³/mol. The molecular formula is C44H44N4O7. The number of ether oxygens (including phenoxy) is 1. The van der Waals surface area contributed by atoms with Crippen molar-refractivity contribution < 1.29 is 29.6 Å². The number of phenols is 1. The van der Waals surface area contributed by atoms with Crippen molar-refractivity contribution in [1.29, 1.82) is 0 Å². The van der Waals surface area contributed by atoms with Crippen molar-refractivity contribution in [2.45, 2.75) is 38.6 Å². The molecule has 0 radical (unpaired) electrons. The van der Waals surface area contributed by atoms with E-state index in [-0.39, 0.29) is 35.9 Å². The molecule has 11 nitrogen and oxygen atoms in total. The number of aromatic hydroxyl groups is 1. The second-order valence-corrected chi connectivity index (χ2v) is 13.4. The fourth-order valence-electron chi connectivity index (χ4n) is 6.58. The molecule has 0 bridgehead atoms. The first-order valence-corrected chi connectivity index (χ1v) is 18.1. The zero-order chi connectivity index (χ0) is 38.7. The summed E-state index contributed by atoms with van der Waals surface area (Å²) in [7, 11) is 0. The number of pyridine rings is 1. The number of carboxylic acid groups (broad SMARTS) is 1. The second kappa shape index (κ2) is 18.1. The molecule has 1 aromatic heterocycles. The summed E-state index contributed by atoms with van der Waals surface area (Å²) >= 11 is 0. The van der Waals surface area contributed by atoms with E-state index < -0.39 is 18.2 Å². The highest BCUT2D eigenvalue weighted by atomic mass is 16.5. The molecule has 0 aliphatic rings. The minimum absolute atomic E-state index is 0.0645. The zero-order valence-electron chi connectivity index (χ0n) is 30.4. The van der Waals surface area contributed by atoms with E-state index in [1.165, 1.54) is 12.1 Å². The Balaban J connectivity index is 1.07. The van der Waals surface area contributed by atoms with Crippen molar-refractivity contribution >= 4 is 22.9 Å². The van der Waals surface area contributed by atoms with Crippen molar-refractivity contribution in [3.63, 3.8) is 0 Å². The van der Waals surface area contributed by atoms with Gasteiger partial charge < -0.3 is 40.6 Å². The standard InChI is InChI=1S/C44H44N4O7/c1-29-8-5-9-31(24-29)27-48(23-7-22-45-26-39(50)36-18-20-38(49)42-37(36)19-21-40(51)46-42)43(52)33-16-14-30(15-17-33)28-55-35-13-6-12-34(25-35)41(47-44(53)54)32-10-3-2-4-11-32/h2-6,8-21,24-25,39,41,45,47,49-50H,7,22-23,26-28H2,1H3,(H,46,51)(H,53,54)/t39-,41?/m1/s1. The van der Waals surface area contributed by atoms with Gasteiger partial charge in [-0.25, -0.2) is 4.79 Å². The van der Waals surface area contributed by atoms with Crippen LogP contribution in [-0.2, 0) is 13.2 Å². The lowest BCUT2D eigenvalue weighted by Crippen LogP contribution is -2.33. The molecule has 0 fully saturated rings. The van der Waals surface area contributed by atoms with E-state index >= 15 is 0 Å². The maximum atomic E-state index is 13.9. The highest BCUT2D eigenvalue weighted by Crippen LogP contribution is 2.29. The number of aromatic nitrogens is 1. The predicted octanol–water partition coefficient (Wildman–Crippen LogP) is 6.83. The molecule has 55 heavy (non-hydrogen) atoms. The molecule has 6 aromatic rings. The zero-order valence-corrected chi connectivity index (χ0v) is 30.4. The van der Waals surface area contributed by atoms with E-state index in [0.717, 1.165) is 27.8 Å². The molecule has 0 saturated carbocycles. The van der Waals surface area contributed by atoms with Gasteiger partial charge in [-0.2, -0.15) is 0 Å². The topological polar surface area (TPSA) is 164 Å². The Kier molecular flexibility index (Phi) is 12.6. The van der Waals surface area contributed by atoms with Crippen LogP contribution in [0.4, 0.5) is 4.79 Å². The van der Waals surface area contributed by atoms with Gasteiger partial charge in [-0.3, -0.25) is 9.59 Å². The van der Waals surface area contributed by atoms with Gasteiger partial charge in [-0.1, -0.05) is 90.5 Å². The van der Waals surface area contributed by atoms with Crippen LogP contribution in [0.2, 0.25) is 0 Å². The van der Waals surface area contributed by atoms with Gasteiger partial charge in [-0.15, -0.1) is 0 Å². The summed E-state index contributed by atoms with van der Waals surface area (Å²) in [5.41, 5.74) is 5.63. The number of aliphatic hydroxyl groups excluding tert-OH is 1. The molecule has 5 aromatic carbocycles. The molecule has 0 spiro atoms. The Morgan fingerprint density at radius 1 is 0.836 bits per heavy atom. The number of benzene rings is 5. The molecule has 2 atom stereocenters. The summed E-state index contributed by atoms with van der Waals surface area (Å²) in [5, 5.41) is 37.0. The van der Waals surface area contributed by atoms with Crippen LogP contribution >= 0.6 is 0 Å². The van der Waals surface area contributed by atoms with Gasteiger partial charge in [0.05, 0.1) is 17.7 Å². The fraction of sp³-hybridized carbons (Fsp3) is 0.205. The highest BCUT2D eigenvalue weighted by Gasteiger charge is 2.19. The monoisotopic (exact) mass is 740 g/mol. The SMILES string of the molecule is Cc1cccc(CN(CCCNC[C@@H](O)c2ccc(O)c3[nH]c(=O)ccc23)C(=O)c2ccc(COc3cccc(C(NC(=O)O)c4ccccc4)c3)cc2)c1.